The Hall–Kier alpha value is -1.36. The first-order valence-corrected chi connectivity index (χ1v) is 5.47. The molecule has 1 N–H and O–H groups in total. The number of aromatic amines is 1. The molecule has 1 aromatic rings. The fraction of sp³-hybridized carbons (Fsp3) is 0.636. The lowest BCUT2D eigenvalue weighted by atomic mass is 10.1. The van der Waals surface area contributed by atoms with Crippen molar-refractivity contribution in [3.63, 3.8) is 0 Å². The van der Waals surface area contributed by atoms with Crippen LogP contribution in [-0.2, 0) is 4.74 Å². The van der Waals surface area contributed by atoms with Gasteiger partial charge < -0.3 is 9.64 Å². The van der Waals surface area contributed by atoms with Gasteiger partial charge in [0.05, 0.1) is 23.9 Å². The van der Waals surface area contributed by atoms with Crippen LogP contribution in [0.1, 0.15) is 28.2 Å². The van der Waals surface area contributed by atoms with E-state index in [1.807, 2.05) is 20.9 Å². The van der Waals surface area contributed by atoms with Gasteiger partial charge in [-0.3, -0.25) is 9.89 Å². The van der Waals surface area contributed by atoms with Gasteiger partial charge in [0.25, 0.3) is 5.91 Å². The zero-order valence-corrected chi connectivity index (χ0v) is 9.91. The lowest BCUT2D eigenvalue weighted by molar-refractivity contribution is 0.0710. The lowest BCUT2D eigenvalue weighted by Gasteiger charge is -2.23. The Morgan fingerprint density at radius 1 is 1.56 bits per heavy atom. The summed E-state index contributed by atoms with van der Waals surface area (Å²) in [5.74, 6) is 0.0271. The summed E-state index contributed by atoms with van der Waals surface area (Å²) in [6.07, 6.45) is 0.915. The summed E-state index contributed by atoms with van der Waals surface area (Å²) in [6, 6.07) is 0.196. The van der Waals surface area contributed by atoms with E-state index in [1.165, 1.54) is 0 Å². The van der Waals surface area contributed by atoms with E-state index in [9.17, 15) is 4.79 Å². The lowest BCUT2D eigenvalue weighted by Crippen LogP contribution is -2.37. The minimum absolute atomic E-state index is 0.0271. The molecule has 0 aliphatic carbocycles. The van der Waals surface area contributed by atoms with Crippen molar-refractivity contribution in [1.29, 1.82) is 0 Å². The van der Waals surface area contributed by atoms with Crippen LogP contribution in [0.15, 0.2) is 0 Å². The molecule has 1 fully saturated rings. The maximum absolute atomic E-state index is 12.2. The third-order valence-electron chi connectivity index (χ3n) is 3.12. The maximum Gasteiger partial charge on any atom is 0.257 e. The van der Waals surface area contributed by atoms with Gasteiger partial charge in [0.2, 0.25) is 0 Å². The van der Waals surface area contributed by atoms with Crippen molar-refractivity contribution < 1.29 is 9.53 Å². The van der Waals surface area contributed by atoms with E-state index in [0.29, 0.717) is 12.2 Å². The predicted molar refractivity (Wildman–Crippen MR) is 59.4 cm³/mol. The second-order valence-electron chi connectivity index (χ2n) is 4.24. The van der Waals surface area contributed by atoms with Crippen molar-refractivity contribution in [2.24, 2.45) is 0 Å². The van der Waals surface area contributed by atoms with Crippen molar-refractivity contribution in [2.75, 3.05) is 20.3 Å². The molecule has 5 nitrogen and oxygen atoms in total. The molecule has 0 bridgehead atoms. The fourth-order valence-corrected chi connectivity index (χ4v) is 2.04. The van der Waals surface area contributed by atoms with E-state index in [-0.39, 0.29) is 11.9 Å². The summed E-state index contributed by atoms with van der Waals surface area (Å²) in [5.41, 5.74) is 2.27. The number of H-pyrrole nitrogens is 1. The van der Waals surface area contributed by atoms with Crippen LogP contribution in [0.2, 0.25) is 0 Å². The Morgan fingerprint density at radius 3 is 2.81 bits per heavy atom. The number of hydrogen-bond donors (Lipinski definition) is 1. The van der Waals surface area contributed by atoms with Crippen molar-refractivity contribution in [2.45, 2.75) is 26.3 Å². The van der Waals surface area contributed by atoms with Crippen LogP contribution in [0.3, 0.4) is 0 Å². The van der Waals surface area contributed by atoms with Crippen molar-refractivity contribution >= 4 is 5.91 Å². The summed E-state index contributed by atoms with van der Waals surface area (Å²) < 4.78 is 5.29. The first kappa shape index (κ1) is 11.1. The molecule has 1 amide bonds. The van der Waals surface area contributed by atoms with Crippen LogP contribution < -0.4 is 0 Å². The molecule has 0 radical (unpaired) electrons. The third-order valence-corrected chi connectivity index (χ3v) is 3.12. The Labute approximate surface area is 94.8 Å². The normalized spacial score (nSPS) is 20.1. The molecule has 1 aliphatic rings. The molecule has 1 aliphatic heterocycles. The quantitative estimate of drug-likeness (QED) is 0.810. The molecule has 88 valence electrons. The minimum Gasteiger partial charge on any atom is -0.379 e. The monoisotopic (exact) mass is 223 g/mol. The van der Waals surface area contributed by atoms with Crippen molar-refractivity contribution in [1.82, 2.24) is 15.1 Å². The van der Waals surface area contributed by atoms with E-state index in [2.05, 4.69) is 10.2 Å². The number of aryl methyl sites for hydroxylation is 2. The van der Waals surface area contributed by atoms with E-state index >= 15 is 0 Å². The molecule has 1 atom stereocenters. The van der Waals surface area contributed by atoms with Crippen molar-refractivity contribution in [3.05, 3.63) is 17.0 Å². The average Bonchev–Trinajstić information content (AvgIpc) is 2.87. The summed E-state index contributed by atoms with van der Waals surface area (Å²) in [4.78, 5) is 14.0. The Balaban J connectivity index is 2.18. The van der Waals surface area contributed by atoms with Crippen LogP contribution >= 0.6 is 0 Å². The number of hydrogen-bond acceptors (Lipinski definition) is 3. The largest absolute Gasteiger partial charge is 0.379 e. The van der Waals surface area contributed by atoms with Gasteiger partial charge in [0.1, 0.15) is 0 Å². The maximum atomic E-state index is 12.2. The number of nitrogens with one attached hydrogen (secondary N) is 1. The molecule has 5 heteroatoms. The van der Waals surface area contributed by atoms with Crippen LogP contribution in [0.25, 0.3) is 0 Å². The number of nitrogens with zero attached hydrogens (tertiary/aromatic N) is 2. The number of ether oxygens (including phenoxy) is 1. The van der Waals surface area contributed by atoms with Gasteiger partial charge in [0.15, 0.2) is 0 Å². The first-order chi connectivity index (χ1) is 7.61. The van der Waals surface area contributed by atoms with Gasteiger partial charge in [-0.05, 0) is 20.3 Å². The molecule has 16 heavy (non-hydrogen) atoms. The molecule has 1 aromatic heterocycles. The van der Waals surface area contributed by atoms with E-state index in [1.54, 1.807) is 4.90 Å². The molecule has 2 heterocycles. The Kier molecular flexibility index (Phi) is 2.96. The number of rotatable bonds is 2. The highest BCUT2D eigenvalue weighted by Crippen LogP contribution is 2.17. The summed E-state index contributed by atoms with van der Waals surface area (Å²) in [7, 11) is 1.83. The number of carbonyl (C=O) groups excluding carboxylic acids is 1. The molecule has 0 saturated carbocycles. The smallest absolute Gasteiger partial charge is 0.257 e. The van der Waals surface area contributed by atoms with Crippen LogP contribution in [0.4, 0.5) is 0 Å². The standard InChI is InChI=1S/C11H17N3O2/c1-7-10(8(2)13-12-7)11(15)14(3)9-4-5-16-6-9/h9H,4-6H2,1-3H3,(H,12,13). The second kappa shape index (κ2) is 4.25. The summed E-state index contributed by atoms with van der Waals surface area (Å²) >= 11 is 0. The van der Waals surface area contributed by atoms with Crippen LogP contribution in [0, 0.1) is 13.8 Å². The molecule has 2 rings (SSSR count). The molecule has 1 saturated heterocycles. The second-order valence-corrected chi connectivity index (χ2v) is 4.24. The molecular formula is C11H17N3O2. The van der Waals surface area contributed by atoms with Gasteiger partial charge in [-0.1, -0.05) is 0 Å². The zero-order chi connectivity index (χ0) is 11.7. The van der Waals surface area contributed by atoms with E-state index in [4.69, 9.17) is 4.74 Å². The SMILES string of the molecule is Cc1n[nH]c(C)c1C(=O)N(C)C1CCOC1. The molecular weight excluding hydrogens is 206 g/mol. The van der Waals surface area contributed by atoms with Crippen molar-refractivity contribution in [3.8, 4) is 0 Å². The van der Waals surface area contributed by atoms with Crippen LogP contribution in [0.5, 0.6) is 0 Å². The van der Waals surface area contributed by atoms with Gasteiger partial charge in [0, 0.05) is 19.3 Å². The zero-order valence-electron chi connectivity index (χ0n) is 9.91. The number of amides is 1. The Morgan fingerprint density at radius 2 is 2.31 bits per heavy atom. The predicted octanol–water partition coefficient (Wildman–Crippen LogP) is 0.887. The van der Waals surface area contributed by atoms with Gasteiger partial charge in [-0.15, -0.1) is 0 Å². The molecule has 1 unspecified atom stereocenters. The Bertz CT molecular complexity index is 374. The highest BCUT2D eigenvalue weighted by molar-refractivity contribution is 5.96. The number of likely N-dealkylation sites (N-methyl/N-ethyl adjacent to an activating group) is 1. The third kappa shape index (κ3) is 1.82. The first-order valence-electron chi connectivity index (χ1n) is 5.47. The van der Waals surface area contributed by atoms with Gasteiger partial charge in [-0.2, -0.15) is 5.10 Å². The van der Waals surface area contributed by atoms with E-state index in [0.717, 1.165) is 24.4 Å². The highest BCUT2D eigenvalue weighted by atomic mass is 16.5. The highest BCUT2D eigenvalue weighted by Gasteiger charge is 2.27. The average molecular weight is 223 g/mol. The van der Waals surface area contributed by atoms with E-state index < -0.39 is 0 Å². The number of aromatic nitrogens is 2. The summed E-state index contributed by atoms with van der Waals surface area (Å²) in [5, 5.41) is 6.88. The summed E-state index contributed by atoms with van der Waals surface area (Å²) in [6.45, 7) is 5.09. The number of carbonyl (C=O) groups is 1. The molecule has 0 spiro atoms. The van der Waals surface area contributed by atoms with Crippen LogP contribution in [-0.4, -0.2) is 47.3 Å². The molecule has 0 aromatic carbocycles. The minimum atomic E-state index is 0.0271. The topological polar surface area (TPSA) is 58.2 Å². The van der Waals surface area contributed by atoms with Gasteiger partial charge in [-0.25, -0.2) is 0 Å². The van der Waals surface area contributed by atoms with Gasteiger partial charge >= 0.3 is 0 Å². The fourth-order valence-electron chi connectivity index (χ4n) is 2.04.